The highest BCUT2D eigenvalue weighted by molar-refractivity contribution is 5.96. The molecule has 0 aromatic heterocycles. The number of aliphatic hydroxyl groups is 1. The van der Waals surface area contributed by atoms with E-state index in [1.807, 2.05) is 23.1 Å². The van der Waals surface area contributed by atoms with E-state index in [1.54, 1.807) is 12.1 Å². The fourth-order valence-electron chi connectivity index (χ4n) is 4.02. The van der Waals surface area contributed by atoms with Crippen molar-refractivity contribution in [1.82, 2.24) is 4.90 Å². The van der Waals surface area contributed by atoms with Crippen LogP contribution in [-0.2, 0) is 5.41 Å². The van der Waals surface area contributed by atoms with Crippen molar-refractivity contribution in [2.75, 3.05) is 41.0 Å². The first-order chi connectivity index (χ1) is 13.6. The Bertz CT molecular complexity index is 798. The molecule has 28 heavy (non-hydrogen) atoms. The highest BCUT2D eigenvalue weighted by atomic mass is 16.5. The predicted molar refractivity (Wildman–Crippen MR) is 106 cm³/mol. The topological polar surface area (TPSA) is 68.2 Å². The van der Waals surface area contributed by atoms with Gasteiger partial charge < -0.3 is 24.2 Å². The van der Waals surface area contributed by atoms with Crippen LogP contribution in [0.25, 0.3) is 0 Å². The third-order valence-corrected chi connectivity index (χ3v) is 5.53. The van der Waals surface area contributed by atoms with E-state index in [0.29, 0.717) is 42.3 Å². The summed E-state index contributed by atoms with van der Waals surface area (Å²) >= 11 is 0. The third-order valence-electron chi connectivity index (χ3n) is 5.53. The number of benzene rings is 2. The molecule has 0 radical (unpaired) electrons. The highest BCUT2D eigenvalue weighted by Crippen LogP contribution is 2.41. The molecule has 3 rings (SSSR count). The van der Waals surface area contributed by atoms with E-state index in [9.17, 15) is 9.90 Å². The van der Waals surface area contributed by atoms with Crippen LogP contribution in [0.3, 0.4) is 0 Å². The maximum Gasteiger partial charge on any atom is 0.254 e. The number of hydrogen-bond donors (Lipinski definition) is 1. The highest BCUT2D eigenvalue weighted by Gasteiger charge is 2.41. The molecule has 1 unspecified atom stereocenters. The minimum atomic E-state index is -0.230. The first kappa shape index (κ1) is 20.0. The molecule has 2 aromatic carbocycles. The number of rotatable bonds is 7. The molecule has 2 aromatic rings. The molecular weight excluding hydrogens is 358 g/mol. The summed E-state index contributed by atoms with van der Waals surface area (Å²) < 4.78 is 16.1. The molecule has 0 saturated carbocycles. The third kappa shape index (κ3) is 3.64. The molecule has 1 heterocycles. The second-order valence-electron chi connectivity index (χ2n) is 7.01. The largest absolute Gasteiger partial charge is 0.493 e. The Morgan fingerprint density at radius 3 is 2.25 bits per heavy atom. The maximum absolute atomic E-state index is 13.2. The van der Waals surface area contributed by atoms with E-state index in [1.165, 1.54) is 21.3 Å². The van der Waals surface area contributed by atoms with Crippen LogP contribution in [0.4, 0.5) is 0 Å². The fraction of sp³-hybridized carbons (Fsp3) is 0.409. The Hall–Kier alpha value is -2.73. The monoisotopic (exact) mass is 385 g/mol. The number of methoxy groups -OCH3 is 3. The summed E-state index contributed by atoms with van der Waals surface area (Å²) in [5.74, 6) is 1.28. The van der Waals surface area contributed by atoms with Gasteiger partial charge in [-0.2, -0.15) is 0 Å². The number of ether oxygens (including phenoxy) is 3. The van der Waals surface area contributed by atoms with Crippen molar-refractivity contribution in [2.45, 2.75) is 18.3 Å². The molecule has 0 aliphatic carbocycles. The summed E-state index contributed by atoms with van der Waals surface area (Å²) in [5.41, 5.74) is 1.42. The van der Waals surface area contributed by atoms with Crippen LogP contribution in [0.2, 0.25) is 0 Å². The maximum atomic E-state index is 13.2. The standard InChI is InChI=1S/C22H27NO5/c1-26-18-13-16(14-19(27-2)20(18)28-3)21(25)23-11-9-22(15-23,10-12-24)17-7-5-4-6-8-17/h4-8,13-14,24H,9-12,15H2,1-3H3. The van der Waals surface area contributed by atoms with E-state index in [2.05, 4.69) is 12.1 Å². The summed E-state index contributed by atoms with van der Waals surface area (Å²) in [6.45, 7) is 1.28. The van der Waals surface area contributed by atoms with Gasteiger partial charge in [-0.05, 0) is 30.5 Å². The number of carbonyl (C=O) groups is 1. The molecular formula is C22H27NO5. The van der Waals surface area contributed by atoms with Gasteiger partial charge in [-0.25, -0.2) is 0 Å². The van der Waals surface area contributed by atoms with Gasteiger partial charge in [0.25, 0.3) is 5.91 Å². The molecule has 6 nitrogen and oxygen atoms in total. The van der Waals surface area contributed by atoms with Crippen LogP contribution in [-0.4, -0.2) is 56.9 Å². The van der Waals surface area contributed by atoms with E-state index >= 15 is 0 Å². The summed E-state index contributed by atoms with van der Waals surface area (Å²) in [5, 5.41) is 9.64. The molecule has 1 aliphatic heterocycles. The lowest BCUT2D eigenvalue weighted by atomic mass is 9.77. The summed E-state index contributed by atoms with van der Waals surface area (Å²) in [7, 11) is 4.59. The Labute approximate surface area is 165 Å². The molecule has 150 valence electrons. The van der Waals surface area contributed by atoms with E-state index in [4.69, 9.17) is 14.2 Å². The number of hydrogen-bond acceptors (Lipinski definition) is 5. The molecule has 1 N–H and O–H groups in total. The molecule has 0 bridgehead atoms. The van der Waals surface area contributed by atoms with Gasteiger partial charge in [-0.15, -0.1) is 0 Å². The number of aliphatic hydroxyl groups excluding tert-OH is 1. The smallest absolute Gasteiger partial charge is 0.254 e. The number of amides is 1. The Kier molecular flexibility index (Phi) is 6.09. The predicted octanol–water partition coefficient (Wildman–Crippen LogP) is 2.88. The van der Waals surface area contributed by atoms with Gasteiger partial charge in [-0.1, -0.05) is 30.3 Å². The Balaban J connectivity index is 1.90. The Morgan fingerprint density at radius 1 is 1.07 bits per heavy atom. The molecule has 0 spiro atoms. The van der Waals surface area contributed by atoms with Gasteiger partial charge in [0.05, 0.1) is 21.3 Å². The summed E-state index contributed by atoms with van der Waals surface area (Å²) in [6.07, 6.45) is 1.43. The van der Waals surface area contributed by atoms with E-state index in [0.717, 1.165) is 12.0 Å². The zero-order chi connectivity index (χ0) is 20.1. The summed E-state index contributed by atoms with van der Waals surface area (Å²) in [6, 6.07) is 13.5. The molecule has 6 heteroatoms. The fourth-order valence-corrected chi connectivity index (χ4v) is 4.02. The van der Waals surface area contributed by atoms with Crippen LogP contribution in [0.15, 0.2) is 42.5 Å². The summed E-state index contributed by atoms with van der Waals surface area (Å²) in [4.78, 5) is 15.1. The SMILES string of the molecule is COc1cc(C(=O)N2CCC(CCO)(c3ccccc3)C2)cc(OC)c1OC. The van der Waals surface area contributed by atoms with Gasteiger partial charge in [0, 0.05) is 30.7 Å². The lowest BCUT2D eigenvalue weighted by Crippen LogP contribution is -2.35. The van der Waals surface area contributed by atoms with Crippen LogP contribution in [0, 0.1) is 0 Å². The molecule has 1 amide bonds. The van der Waals surface area contributed by atoms with Crippen molar-refractivity contribution in [3.8, 4) is 17.2 Å². The zero-order valence-corrected chi connectivity index (χ0v) is 16.6. The van der Waals surface area contributed by atoms with Crippen molar-refractivity contribution < 1.29 is 24.1 Å². The Morgan fingerprint density at radius 2 is 1.71 bits per heavy atom. The average Bonchev–Trinajstić information content (AvgIpc) is 3.18. The molecule has 1 atom stereocenters. The number of nitrogens with zero attached hydrogens (tertiary/aromatic N) is 1. The van der Waals surface area contributed by atoms with Gasteiger partial charge >= 0.3 is 0 Å². The van der Waals surface area contributed by atoms with Crippen molar-refractivity contribution in [2.24, 2.45) is 0 Å². The zero-order valence-electron chi connectivity index (χ0n) is 16.6. The molecule has 1 saturated heterocycles. The first-order valence-corrected chi connectivity index (χ1v) is 9.34. The van der Waals surface area contributed by atoms with Gasteiger partial charge in [0.1, 0.15) is 0 Å². The average molecular weight is 385 g/mol. The van der Waals surface area contributed by atoms with Crippen LogP contribution < -0.4 is 14.2 Å². The number of likely N-dealkylation sites (tertiary alicyclic amines) is 1. The lowest BCUT2D eigenvalue weighted by Gasteiger charge is -2.29. The van der Waals surface area contributed by atoms with Crippen LogP contribution in [0.5, 0.6) is 17.2 Å². The van der Waals surface area contributed by atoms with Gasteiger partial charge in [0.15, 0.2) is 11.5 Å². The second kappa shape index (κ2) is 8.52. The van der Waals surface area contributed by atoms with Gasteiger partial charge in [0.2, 0.25) is 5.75 Å². The molecule has 1 aliphatic rings. The van der Waals surface area contributed by atoms with Crippen LogP contribution >= 0.6 is 0 Å². The van der Waals surface area contributed by atoms with Crippen molar-refractivity contribution >= 4 is 5.91 Å². The van der Waals surface area contributed by atoms with E-state index in [-0.39, 0.29) is 17.9 Å². The normalized spacial score (nSPS) is 18.8. The first-order valence-electron chi connectivity index (χ1n) is 9.34. The van der Waals surface area contributed by atoms with Crippen molar-refractivity contribution in [3.63, 3.8) is 0 Å². The van der Waals surface area contributed by atoms with Crippen molar-refractivity contribution in [3.05, 3.63) is 53.6 Å². The van der Waals surface area contributed by atoms with E-state index < -0.39 is 0 Å². The van der Waals surface area contributed by atoms with Crippen molar-refractivity contribution in [1.29, 1.82) is 0 Å². The minimum Gasteiger partial charge on any atom is -0.493 e. The number of carbonyl (C=O) groups excluding carboxylic acids is 1. The minimum absolute atomic E-state index is 0.0844. The molecule has 1 fully saturated rings. The quantitative estimate of drug-likeness (QED) is 0.794. The van der Waals surface area contributed by atoms with Crippen LogP contribution in [0.1, 0.15) is 28.8 Å². The second-order valence-corrected chi connectivity index (χ2v) is 7.01. The van der Waals surface area contributed by atoms with Gasteiger partial charge in [-0.3, -0.25) is 4.79 Å². The lowest BCUT2D eigenvalue weighted by molar-refractivity contribution is 0.0778.